The second-order valence-electron chi connectivity index (χ2n) is 4.02. The second-order valence-corrected chi connectivity index (χ2v) is 7.88. The lowest BCUT2D eigenvalue weighted by Gasteiger charge is -2.13. The third kappa shape index (κ3) is 3.91. The molecule has 0 aliphatic rings. The highest BCUT2D eigenvalue weighted by atomic mass is 79.9. The zero-order chi connectivity index (χ0) is 15.6. The summed E-state index contributed by atoms with van der Waals surface area (Å²) in [7, 11) is -2.40. The maximum atomic E-state index is 12.5. The van der Waals surface area contributed by atoms with Crippen molar-refractivity contribution < 1.29 is 13.2 Å². The molecule has 0 saturated heterocycles. The van der Waals surface area contributed by atoms with Crippen LogP contribution in [0.3, 0.4) is 0 Å². The van der Waals surface area contributed by atoms with Gasteiger partial charge in [0.15, 0.2) is 0 Å². The van der Waals surface area contributed by atoms with Gasteiger partial charge in [0.25, 0.3) is 10.0 Å². The molecule has 2 aromatic rings. The molecule has 4 nitrogen and oxygen atoms in total. The van der Waals surface area contributed by atoms with Crippen molar-refractivity contribution in [1.82, 2.24) is 0 Å². The molecule has 0 aromatic heterocycles. The van der Waals surface area contributed by atoms with Crippen molar-refractivity contribution >= 4 is 59.2 Å². The third-order valence-corrected chi connectivity index (χ3v) is 5.39. The van der Waals surface area contributed by atoms with Crippen LogP contribution in [0, 0.1) is 0 Å². The van der Waals surface area contributed by atoms with E-state index < -0.39 is 10.0 Å². The average molecular weight is 456 g/mol. The molecule has 2 aromatic carbocycles. The number of anilines is 1. The van der Waals surface area contributed by atoms with E-state index in [2.05, 4.69) is 36.6 Å². The maximum Gasteiger partial charge on any atom is 0.265 e. The van der Waals surface area contributed by atoms with Gasteiger partial charge in [-0.05, 0) is 52.3 Å². The summed E-state index contributed by atoms with van der Waals surface area (Å²) < 4.78 is 33.8. The number of halogens is 3. The lowest BCUT2D eigenvalue weighted by Crippen LogP contribution is -2.14. The van der Waals surface area contributed by atoms with Crippen LogP contribution in [0.25, 0.3) is 0 Å². The van der Waals surface area contributed by atoms with Crippen LogP contribution in [0.5, 0.6) is 5.75 Å². The van der Waals surface area contributed by atoms with E-state index in [0.717, 1.165) is 0 Å². The predicted molar refractivity (Wildman–Crippen MR) is 90.7 cm³/mol. The number of methoxy groups -OCH3 is 1. The van der Waals surface area contributed by atoms with Gasteiger partial charge in [-0.2, -0.15) is 0 Å². The van der Waals surface area contributed by atoms with E-state index in [4.69, 9.17) is 16.3 Å². The van der Waals surface area contributed by atoms with Crippen LogP contribution in [0.15, 0.2) is 50.2 Å². The highest BCUT2D eigenvalue weighted by molar-refractivity contribution is 9.10. The molecule has 0 spiro atoms. The van der Waals surface area contributed by atoms with Crippen LogP contribution in [0.4, 0.5) is 5.69 Å². The van der Waals surface area contributed by atoms with E-state index in [0.29, 0.717) is 19.7 Å². The summed E-state index contributed by atoms with van der Waals surface area (Å²) in [4.78, 5) is 0.0336. The number of benzene rings is 2. The molecule has 0 bridgehead atoms. The summed E-state index contributed by atoms with van der Waals surface area (Å²) in [6.45, 7) is 0. The Morgan fingerprint density at radius 1 is 1.14 bits per heavy atom. The molecule has 0 aliphatic carbocycles. The van der Waals surface area contributed by atoms with Crippen molar-refractivity contribution in [2.75, 3.05) is 11.8 Å². The van der Waals surface area contributed by atoms with Crippen LogP contribution >= 0.6 is 43.5 Å². The predicted octanol–water partition coefficient (Wildman–Crippen LogP) is 4.67. The molecule has 21 heavy (non-hydrogen) atoms. The number of ether oxygens (including phenoxy) is 1. The van der Waals surface area contributed by atoms with Gasteiger partial charge in [-0.1, -0.05) is 27.5 Å². The zero-order valence-corrected chi connectivity index (χ0v) is 15.5. The molecular weight excluding hydrogens is 445 g/mol. The van der Waals surface area contributed by atoms with Gasteiger partial charge < -0.3 is 4.74 Å². The molecule has 0 amide bonds. The molecule has 0 aliphatic heterocycles. The van der Waals surface area contributed by atoms with Gasteiger partial charge in [-0.15, -0.1) is 0 Å². The largest absolute Gasteiger partial charge is 0.495 e. The van der Waals surface area contributed by atoms with Gasteiger partial charge in [0, 0.05) is 14.0 Å². The van der Waals surface area contributed by atoms with Crippen LogP contribution in [-0.2, 0) is 10.0 Å². The second kappa shape index (κ2) is 6.56. The first kappa shape index (κ1) is 16.6. The van der Waals surface area contributed by atoms with E-state index in [9.17, 15) is 8.42 Å². The molecule has 0 heterocycles. The summed E-state index contributed by atoms with van der Waals surface area (Å²) in [5.74, 6) is 0.254. The Morgan fingerprint density at radius 3 is 2.52 bits per heavy atom. The SMILES string of the molecule is COc1ccc(Br)cc1S(=O)(=O)Nc1cc(Cl)ccc1Br. The van der Waals surface area contributed by atoms with Crippen molar-refractivity contribution in [3.8, 4) is 5.75 Å². The Hall–Kier alpha value is -0.760. The van der Waals surface area contributed by atoms with Gasteiger partial charge in [0.05, 0.1) is 12.8 Å². The molecule has 8 heteroatoms. The maximum absolute atomic E-state index is 12.5. The molecule has 0 atom stereocenters. The summed E-state index contributed by atoms with van der Waals surface area (Å²) in [6.07, 6.45) is 0. The minimum Gasteiger partial charge on any atom is -0.495 e. The highest BCUT2D eigenvalue weighted by Crippen LogP contribution is 2.32. The normalized spacial score (nSPS) is 11.2. The van der Waals surface area contributed by atoms with E-state index in [1.807, 2.05) is 0 Å². The van der Waals surface area contributed by atoms with Crippen molar-refractivity contribution in [3.05, 3.63) is 50.4 Å². The van der Waals surface area contributed by atoms with Crippen LogP contribution in [0.1, 0.15) is 0 Å². The quantitative estimate of drug-likeness (QED) is 0.729. The smallest absolute Gasteiger partial charge is 0.265 e. The van der Waals surface area contributed by atoms with Crippen LogP contribution < -0.4 is 9.46 Å². The summed E-state index contributed by atoms with van der Waals surface area (Å²) >= 11 is 12.4. The van der Waals surface area contributed by atoms with E-state index >= 15 is 0 Å². The molecule has 1 N–H and O–H groups in total. The lowest BCUT2D eigenvalue weighted by atomic mass is 10.3. The Labute approximate surface area is 144 Å². The Kier molecular flexibility index (Phi) is 5.19. The molecule has 112 valence electrons. The van der Waals surface area contributed by atoms with Crippen molar-refractivity contribution in [1.29, 1.82) is 0 Å². The van der Waals surface area contributed by atoms with Crippen molar-refractivity contribution in [2.24, 2.45) is 0 Å². The third-order valence-electron chi connectivity index (χ3n) is 2.59. The van der Waals surface area contributed by atoms with Crippen molar-refractivity contribution in [2.45, 2.75) is 4.90 Å². The monoisotopic (exact) mass is 453 g/mol. The van der Waals surface area contributed by atoms with Gasteiger partial charge >= 0.3 is 0 Å². The minimum absolute atomic E-state index is 0.0336. The average Bonchev–Trinajstić information content (AvgIpc) is 2.42. The Balaban J connectivity index is 2.48. The molecular formula is C13H10Br2ClNO3S. The van der Waals surface area contributed by atoms with E-state index in [1.165, 1.54) is 19.2 Å². The molecule has 2 rings (SSSR count). The minimum atomic E-state index is -3.81. The molecule has 0 fully saturated rings. The first-order valence-corrected chi connectivity index (χ1v) is 9.09. The standard InChI is InChI=1S/C13H10Br2ClNO3S/c1-20-12-5-2-8(14)6-13(12)21(18,19)17-11-7-9(16)3-4-10(11)15/h2-7,17H,1H3. The topological polar surface area (TPSA) is 55.4 Å². The van der Waals surface area contributed by atoms with Crippen LogP contribution in [0.2, 0.25) is 5.02 Å². The van der Waals surface area contributed by atoms with Gasteiger partial charge in [0.2, 0.25) is 0 Å². The van der Waals surface area contributed by atoms with Gasteiger partial charge in [-0.3, -0.25) is 4.72 Å². The fourth-order valence-corrected chi connectivity index (χ4v) is 4.06. The van der Waals surface area contributed by atoms with E-state index in [1.54, 1.807) is 24.3 Å². The summed E-state index contributed by atoms with van der Waals surface area (Å²) in [6, 6.07) is 9.59. The fraction of sp³-hybridized carbons (Fsp3) is 0.0769. The lowest BCUT2D eigenvalue weighted by molar-refractivity contribution is 0.403. The highest BCUT2D eigenvalue weighted by Gasteiger charge is 2.21. The van der Waals surface area contributed by atoms with Gasteiger partial charge in [0.1, 0.15) is 10.6 Å². The number of hydrogen-bond donors (Lipinski definition) is 1. The Morgan fingerprint density at radius 2 is 1.86 bits per heavy atom. The van der Waals surface area contributed by atoms with Crippen molar-refractivity contribution in [3.63, 3.8) is 0 Å². The summed E-state index contributed by atoms with van der Waals surface area (Å²) in [5.41, 5.74) is 0.351. The number of hydrogen-bond acceptors (Lipinski definition) is 3. The molecule has 0 unspecified atom stereocenters. The Bertz CT molecular complexity index is 781. The zero-order valence-electron chi connectivity index (χ0n) is 10.7. The fourth-order valence-electron chi connectivity index (χ4n) is 1.64. The molecule has 0 radical (unpaired) electrons. The van der Waals surface area contributed by atoms with Gasteiger partial charge in [-0.25, -0.2) is 8.42 Å². The summed E-state index contributed by atoms with van der Waals surface area (Å²) in [5, 5.41) is 0.428. The first-order chi connectivity index (χ1) is 9.83. The number of nitrogens with one attached hydrogen (secondary N) is 1. The van der Waals surface area contributed by atoms with Crippen LogP contribution in [-0.4, -0.2) is 15.5 Å². The molecule has 0 saturated carbocycles. The number of sulfonamides is 1. The first-order valence-electron chi connectivity index (χ1n) is 5.65. The van der Waals surface area contributed by atoms with E-state index in [-0.39, 0.29) is 10.6 Å². The number of rotatable bonds is 4.